The van der Waals surface area contributed by atoms with Gasteiger partial charge in [-0.3, -0.25) is 4.79 Å². The Labute approximate surface area is 80.2 Å². The predicted molar refractivity (Wildman–Crippen MR) is 54.4 cm³/mol. The van der Waals surface area contributed by atoms with E-state index < -0.39 is 0 Å². The molecule has 2 N–H and O–H groups in total. The zero-order valence-electron chi connectivity index (χ0n) is 8.33. The fraction of sp³-hybridized carbons (Fsp3) is 0.727. The van der Waals surface area contributed by atoms with Crippen molar-refractivity contribution in [2.75, 3.05) is 0 Å². The largest absolute Gasteiger partial charge is 0.328 e. The van der Waals surface area contributed by atoms with Crippen LogP contribution in [0.3, 0.4) is 0 Å². The van der Waals surface area contributed by atoms with E-state index in [0.717, 1.165) is 37.0 Å². The molecule has 0 heterocycles. The van der Waals surface area contributed by atoms with E-state index in [-0.39, 0.29) is 0 Å². The van der Waals surface area contributed by atoms with Crippen molar-refractivity contribution >= 4 is 6.29 Å². The Bertz CT molecular complexity index is 190. The molecule has 2 heteroatoms. The third-order valence-corrected chi connectivity index (χ3v) is 2.85. The van der Waals surface area contributed by atoms with E-state index in [9.17, 15) is 4.79 Å². The number of carbonyl (C=O) groups excluding carboxylic acids is 1. The summed E-state index contributed by atoms with van der Waals surface area (Å²) in [5, 5.41) is 0. The maximum absolute atomic E-state index is 10.3. The molecule has 1 aliphatic carbocycles. The van der Waals surface area contributed by atoms with Gasteiger partial charge in [-0.15, -0.1) is 0 Å². The van der Waals surface area contributed by atoms with Crippen LogP contribution in [-0.4, -0.2) is 12.3 Å². The van der Waals surface area contributed by atoms with Crippen LogP contribution in [0.15, 0.2) is 11.6 Å². The molecule has 1 fully saturated rings. The number of carbonyl (C=O) groups is 1. The van der Waals surface area contributed by atoms with Crippen LogP contribution >= 0.6 is 0 Å². The summed E-state index contributed by atoms with van der Waals surface area (Å²) in [6.07, 6.45) is 8.78. The molecule has 0 amide bonds. The first kappa shape index (κ1) is 10.5. The van der Waals surface area contributed by atoms with Crippen LogP contribution in [0.2, 0.25) is 0 Å². The fourth-order valence-electron chi connectivity index (χ4n) is 1.82. The van der Waals surface area contributed by atoms with Gasteiger partial charge < -0.3 is 5.73 Å². The van der Waals surface area contributed by atoms with Crippen molar-refractivity contribution in [1.29, 1.82) is 0 Å². The second-order valence-corrected chi connectivity index (χ2v) is 4.08. The predicted octanol–water partition coefficient (Wildman–Crippen LogP) is 2.04. The van der Waals surface area contributed by atoms with Gasteiger partial charge in [0, 0.05) is 6.04 Å². The summed E-state index contributed by atoms with van der Waals surface area (Å²) in [6, 6.07) is 0.424. The van der Waals surface area contributed by atoms with Gasteiger partial charge in [-0.1, -0.05) is 6.08 Å². The molecule has 0 bridgehead atoms. The lowest BCUT2D eigenvalue weighted by Gasteiger charge is -2.25. The first-order valence-electron chi connectivity index (χ1n) is 5.10. The summed E-state index contributed by atoms with van der Waals surface area (Å²) in [6.45, 7) is 1.86. The summed E-state index contributed by atoms with van der Waals surface area (Å²) in [7, 11) is 0. The Kier molecular flexibility index (Phi) is 4.16. The minimum Gasteiger partial charge on any atom is -0.328 e. The van der Waals surface area contributed by atoms with E-state index in [1.54, 1.807) is 0 Å². The summed E-state index contributed by atoms with van der Waals surface area (Å²) >= 11 is 0. The third kappa shape index (κ3) is 3.73. The fourth-order valence-corrected chi connectivity index (χ4v) is 1.82. The molecule has 1 rings (SSSR count). The van der Waals surface area contributed by atoms with Crippen molar-refractivity contribution in [3.05, 3.63) is 11.6 Å². The van der Waals surface area contributed by atoms with Gasteiger partial charge in [0.1, 0.15) is 6.29 Å². The van der Waals surface area contributed by atoms with Crippen LogP contribution in [0.4, 0.5) is 0 Å². The van der Waals surface area contributed by atoms with Gasteiger partial charge in [-0.2, -0.15) is 0 Å². The first-order valence-corrected chi connectivity index (χ1v) is 5.10. The highest BCUT2D eigenvalue weighted by Gasteiger charge is 2.17. The average molecular weight is 181 g/mol. The molecule has 0 unspecified atom stereocenters. The lowest BCUT2D eigenvalue weighted by molar-refractivity contribution is -0.104. The van der Waals surface area contributed by atoms with Crippen molar-refractivity contribution in [2.45, 2.75) is 45.1 Å². The van der Waals surface area contributed by atoms with Crippen molar-refractivity contribution in [1.82, 2.24) is 0 Å². The van der Waals surface area contributed by atoms with Gasteiger partial charge in [0.15, 0.2) is 0 Å². The molecule has 0 aromatic heterocycles. The number of hydrogen-bond donors (Lipinski definition) is 1. The van der Waals surface area contributed by atoms with E-state index in [4.69, 9.17) is 5.73 Å². The lowest BCUT2D eigenvalue weighted by Crippen LogP contribution is -2.26. The van der Waals surface area contributed by atoms with Crippen molar-refractivity contribution in [2.24, 2.45) is 11.7 Å². The van der Waals surface area contributed by atoms with Gasteiger partial charge in [-0.05, 0) is 50.5 Å². The molecule has 1 saturated carbocycles. The topological polar surface area (TPSA) is 43.1 Å². The number of allylic oxidation sites excluding steroid dienone is 2. The molecule has 0 spiro atoms. The Morgan fingerprint density at radius 2 is 2.00 bits per heavy atom. The van der Waals surface area contributed by atoms with Crippen molar-refractivity contribution in [3.63, 3.8) is 0 Å². The highest BCUT2D eigenvalue weighted by molar-refractivity contribution is 5.71. The molecule has 0 aliphatic heterocycles. The molecule has 0 atom stereocenters. The number of rotatable bonds is 3. The van der Waals surface area contributed by atoms with E-state index >= 15 is 0 Å². The molecule has 0 saturated heterocycles. The van der Waals surface area contributed by atoms with Crippen LogP contribution in [0, 0.1) is 5.92 Å². The Hall–Kier alpha value is -0.630. The van der Waals surface area contributed by atoms with Crippen molar-refractivity contribution in [3.8, 4) is 0 Å². The van der Waals surface area contributed by atoms with E-state index in [0.29, 0.717) is 6.04 Å². The normalized spacial score (nSPS) is 30.2. The van der Waals surface area contributed by atoms with E-state index in [2.05, 4.69) is 6.08 Å². The SMILES string of the molecule is C/C(C=O)=C\CC1CCC(N)CC1. The average Bonchev–Trinajstić information content (AvgIpc) is 2.16. The molecular formula is C11H19NO. The zero-order chi connectivity index (χ0) is 9.68. The van der Waals surface area contributed by atoms with Gasteiger partial charge in [-0.25, -0.2) is 0 Å². The van der Waals surface area contributed by atoms with Crippen LogP contribution < -0.4 is 5.73 Å². The highest BCUT2D eigenvalue weighted by Crippen LogP contribution is 2.26. The molecule has 0 aromatic rings. The molecule has 13 heavy (non-hydrogen) atoms. The summed E-state index contributed by atoms with van der Waals surface area (Å²) in [5.74, 6) is 0.759. The monoisotopic (exact) mass is 181 g/mol. The Morgan fingerprint density at radius 1 is 1.38 bits per heavy atom. The van der Waals surface area contributed by atoms with E-state index in [1.807, 2.05) is 6.92 Å². The maximum Gasteiger partial charge on any atom is 0.145 e. The van der Waals surface area contributed by atoms with Gasteiger partial charge in [0.25, 0.3) is 0 Å². The smallest absolute Gasteiger partial charge is 0.145 e. The number of aldehydes is 1. The van der Waals surface area contributed by atoms with Crippen LogP contribution in [0.25, 0.3) is 0 Å². The summed E-state index contributed by atoms with van der Waals surface area (Å²) < 4.78 is 0. The molecule has 1 aliphatic rings. The second kappa shape index (κ2) is 5.18. The maximum atomic E-state index is 10.3. The number of hydrogen-bond acceptors (Lipinski definition) is 2. The summed E-state index contributed by atoms with van der Waals surface area (Å²) in [4.78, 5) is 10.3. The summed E-state index contributed by atoms with van der Waals surface area (Å²) in [5.41, 5.74) is 6.66. The zero-order valence-corrected chi connectivity index (χ0v) is 8.33. The van der Waals surface area contributed by atoms with Crippen LogP contribution in [0.5, 0.6) is 0 Å². The third-order valence-electron chi connectivity index (χ3n) is 2.85. The van der Waals surface area contributed by atoms with Gasteiger partial charge >= 0.3 is 0 Å². The highest BCUT2D eigenvalue weighted by atomic mass is 16.1. The Morgan fingerprint density at radius 3 is 2.54 bits per heavy atom. The lowest BCUT2D eigenvalue weighted by atomic mass is 9.84. The quantitative estimate of drug-likeness (QED) is 0.535. The molecular weight excluding hydrogens is 162 g/mol. The van der Waals surface area contributed by atoms with E-state index in [1.165, 1.54) is 12.8 Å². The molecule has 0 radical (unpaired) electrons. The van der Waals surface area contributed by atoms with Gasteiger partial charge in [0.05, 0.1) is 0 Å². The first-order chi connectivity index (χ1) is 6.22. The molecule has 0 aromatic carbocycles. The standard InChI is InChI=1S/C11H19NO/c1-9(8-13)2-3-10-4-6-11(12)7-5-10/h2,8,10-11H,3-7,12H2,1H3/b9-2+. The molecule has 74 valence electrons. The van der Waals surface area contributed by atoms with Gasteiger partial charge in [0.2, 0.25) is 0 Å². The Balaban J connectivity index is 2.26. The van der Waals surface area contributed by atoms with Crippen molar-refractivity contribution < 1.29 is 4.79 Å². The number of nitrogens with two attached hydrogens (primary N) is 1. The van der Waals surface area contributed by atoms with Crippen LogP contribution in [-0.2, 0) is 4.79 Å². The second-order valence-electron chi connectivity index (χ2n) is 4.08. The molecule has 2 nitrogen and oxygen atoms in total. The van der Waals surface area contributed by atoms with Crippen LogP contribution in [0.1, 0.15) is 39.0 Å². The minimum absolute atomic E-state index is 0.424. The minimum atomic E-state index is 0.424.